The van der Waals surface area contributed by atoms with Crippen LogP contribution in [-0.2, 0) is 0 Å². The second-order valence-electron chi connectivity index (χ2n) is 9.15. The lowest BCUT2D eigenvalue weighted by atomic mass is 10.1. The molecule has 36 heavy (non-hydrogen) atoms. The fourth-order valence-corrected chi connectivity index (χ4v) is 4.30. The highest BCUT2D eigenvalue weighted by Gasteiger charge is 2.24. The Bertz CT molecular complexity index is 1160. The molecule has 1 aliphatic rings. The Kier molecular flexibility index (Phi) is 8.17. The highest BCUT2D eigenvalue weighted by atomic mass is 16.3. The van der Waals surface area contributed by atoms with Crippen LogP contribution in [0.4, 0.5) is 11.5 Å². The lowest BCUT2D eigenvalue weighted by molar-refractivity contribution is 0.0746. The fourth-order valence-electron chi connectivity index (χ4n) is 4.30. The average molecular weight is 488 g/mol. The number of nitrogens with one attached hydrogen (secondary N) is 2. The van der Waals surface area contributed by atoms with Crippen LogP contribution in [0.15, 0.2) is 72.9 Å². The van der Waals surface area contributed by atoms with Crippen LogP contribution in [0.5, 0.6) is 0 Å². The third-order valence-electron chi connectivity index (χ3n) is 6.18. The first-order valence-electron chi connectivity index (χ1n) is 12.3. The van der Waals surface area contributed by atoms with E-state index in [0.717, 1.165) is 17.1 Å². The van der Waals surface area contributed by atoms with Gasteiger partial charge in [-0.25, -0.2) is 4.98 Å². The summed E-state index contributed by atoms with van der Waals surface area (Å²) >= 11 is 0. The van der Waals surface area contributed by atoms with Crippen molar-refractivity contribution in [2.24, 2.45) is 0 Å². The summed E-state index contributed by atoms with van der Waals surface area (Å²) in [5, 5.41) is 16.0. The maximum Gasteiger partial charge on any atom is 0.253 e. The number of piperazine rings is 1. The molecule has 1 aromatic heterocycles. The number of carbonyl (C=O) groups is 2. The molecule has 0 radical (unpaired) electrons. The predicted molar refractivity (Wildman–Crippen MR) is 141 cm³/mol. The van der Waals surface area contributed by atoms with Gasteiger partial charge in [0.25, 0.3) is 11.8 Å². The molecule has 1 aliphatic heterocycles. The molecular formula is C28H33N5O3. The van der Waals surface area contributed by atoms with E-state index in [9.17, 15) is 14.7 Å². The van der Waals surface area contributed by atoms with Crippen LogP contribution >= 0.6 is 0 Å². The van der Waals surface area contributed by atoms with Gasteiger partial charge < -0.3 is 25.5 Å². The van der Waals surface area contributed by atoms with Gasteiger partial charge in [-0.3, -0.25) is 9.59 Å². The average Bonchev–Trinajstić information content (AvgIpc) is 2.92. The Labute approximate surface area is 212 Å². The number of amides is 2. The lowest BCUT2D eigenvalue weighted by Gasteiger charge is -2.36. The van der Waals surface area contributed by atoms with E-state index in [1.807, 2.05) is 47.4 Å². The second-order valence-corrected chi connectivity index (χ2v) is 9.15. The molecular weight excluding hydrogens is 454 g/mol. The molecule has 0 spiro atoms. The molecule has 1 saturated heterocycles. The summed E-state index contributed by atoms with van der Waals surface area (Å²) in [5.41, 5.74) is 2.81. The standard InChI is InChI=1S/C28H33N5O3/c1-20(2)30-24-9-6-14-29-26(24)32-15-17-33(18-16-32)28(36)23-12-10-22(11-13-23)27(35)31-25(19-34)21-7-4-3-5-8-21/h3-14,20,25,30,34H,15-19H2,1-2H3,(H,31,35)/t25-/m0/s1. The first kappa shape index (κ1) is 25.2. The Hall–Kier alpha value is -3.91. The number of aliphatic hydroxyl groups is 1. The van der Waals surface area contributed by atoms with Crippen molar-refractivity contribution in [2.75, 3.05) is 43.0 Å². The molecule has 0 aliphatic carbocycles. The van der Waals surface area contributed by atoms with Crippen LogP contribution in [0.2, 0.25) is 0 Å². The van der Waals surface area contributed by atoms with Crippen molar-refractivity contribution in [2.45, 2.75) is 25.9 Å². The predicted octanol–water partition coefficient (Wildman–Crippen LogP) is 3.33. The monoisotopic (exact) mass is 487 g/mol. The van der Waals surface area contributed by atoms with Gasteiger partial charge in [-0.1, -0.05) is 30.3 Å². The van der Waals surface area contributed by atoms with Crippen LogP contribution in [0, 0.1) is 0 Å². The fraction of sp³-hybridized carbons (Fsp3) is 0.321. The smallest absolute Gasteiger partial charge is 0.253 e. The number of rotatable bonds is 8. The number of aliphatic hydroxyl groups excluding tert-OH is 1. The first-order chi connectivity index (χ1) is 17.5. The molecule has 0 bridgehead atoms. The molecule has 2 aromatic carbocycles. The second kappa shape index (κ2) is 11.7. The molecule has 3 aromatic rings. The minimum atomic E-state index is -0.494. The number of benzene rings is 2. The molecule has 2 heterocycles. The summed E-state index contributed by atoms with van der Waals surface area (Å²) in [4.78, 5) is 34.4. The molecule has 2 amide bonds. The van der Waals surface area contributed by atoms with Gasteiger partial charge >= 0.3 is 0 Å². The van der Waals surface area contributed by atoms with Gasteiger partial charge in [0.1, 0.15) is 0 Å². The van der Waals surface area contributed by atoms with E-state index in [4.69, 9.17) is 0 Å². The van der Waals surface area contributed by atoms with Crippen LogP contribution in [0.1, 0.15) is 46.2 Å². The molecule has 8 nitrogen and oxygen atoms in total. The van der Waals surface area contributed by atoms with E-state index >= 15 is 0 Å². The highest BCUT2D eigenvalue weighted by Crippen LogP contribution is 2.25. The quantitative estimate of drug-likeness (QED) is 0.451. The molecule has 1 atom stereocenters. The van der Waals surface area contributed by atoms with Gasteiger partial charge in [-0.2, -0.15) is 0 Å². The van der Waals surface area contributed by atoms with Crippen LogP contribution in [0.25, 0.3) is 0 Å². The number of hydrogen-bond acceptors (Lipinski definition) is 6. The van der Waals surface area contributed by atoms with Crippen LogP contribution in [-0.4, -0.2) is 65.6 Å². The van der Waals surface area contributed by atoms with Gasteiger partial charge in [0.2, 0.25) is 0 Å². The summed E-state index contributed by atoms with van der Waals surface area (Å²) in [6.07, 6.45) is 1.79. The minimum Gasteiger partial charge on any atom is -0.394 e. The topological polar surface area (TPSA) is 97.8 Å². The largest absolute Gasteiger partial charge is 0.394 e. The molecule has 3 N–H and O–H groups in total. The Morgan fingerprint density at radius 1 is 0.917 bits per heavy atom. The molecule has 0 unspecified atom stereocenters. The van der Waals surface area contributed by atoms with Crippen molar-refractivity contribution in [1.82, 2.24) is 15.2 Å². The minimum absolute atomic E-state index is 0.0549. The van der Waals surface area contributed by atoms with Gasteiger partial charge in [0.15, 0.2) is 5.82 Å². The van der Waals surface area contributed by atoms with Gasteiger partial charge in [0.05, 0.1) is 18.3 Å². The third kappa shape index (κ3) is 6.01. The van der Waals surface area contributed by atoms with Crippen LogP contribution in [0.3, 0.4) is 0 Å². The highest BCUT2D eigenvalue weighted by molar-refractivity contribution is 5.98. The van der Waals surface area contributed by atoms with Crippen molar-refractivity contribution < 1.29 is 14.7 Å². The normalized spacial score (nSPS) is 14.4. The summed E-state index contributed by atoms with van der Waals surface area (Å²) in [6.45, 7) is 6.55. The van der Waals surface area contributed by atoms with Gasteiger partial charge in [-0.15, -0.1) is 0 Å². The van der Waals surface area contributed by atoms with Crippen molar-refractivity contribution in [3.8, 4) is 0 Å². The number of hydrogen-bond donors (Lipinski definition) is 3. The third-order valence-corrected chi connectivity index (χ3v) is 6.18. The van der Waals surface area contributed by atoms with Crippen molar-refractivity contribution in [1.29, 1.82) is 0 Å². The summed E-state index contributed by atoms with van der Waals surface area (Å²) in [5.74, 6) is 0.553. The van der Waals surface area contributed by atoms with E-state index < -0.39 is 6.04 Å². The molecule has 1 fully saturated rings. The zero-order chi connectivity index (χ0) is 25.5. The number of nitrogens with zero attached hydrogens (tertiary/aromatic N) is 3. The Balaban J connectivity index is 1.35. The SMILES string of the molecule is CC(C)Nc1cccnc1N1CCN(C(=O)c2ccc(C(=O)N[C@@H](CO)c3ccccc3)cc2)CC1. The number of anilines is 2. The zero-order valence-electron chi connectivity index (χ0n) is 20.7. The van der Waals surface area contributed by atoms with Crippen molar-refractivity contribution >= 4 is 23.3 Å². The Morgan fingerprint density at radius 2 is 1.58 bits per heavy atom. The summed E-state index contributed by atoms with van der Waals surface area (Å²) < 4.78 is 0. The van der Waals surface area contributed by atoms with E-state index in [0.29, 0.717) is 43.3 Å². The maximum absolute atomic E-state index is 13.1. The molecule has 4 rings (SSSR count). The zero-order valence-corrected chi connectivity index (χ0v) is 20.7. The van der Waals surface area contributed by atoms with Crippen molar-refractivity contribution in [3.05, 3.63) is 89.6 Å². The van der Waals surface area contributed by atoms with E-state index in [-0.39, 0.29) is 18.4 Å². The van der Waals surface area contributed by atoms with Gasteiger partial charge in [0, 0.05) is 49.5 Å². The van der Waals surface area contributed by atoms with Crippen molar-refractivity contribution in [3.63, 3.8) is 0 Å². The number of carbonyl (C=O) groups excluding carboxylic acids is 2. The number of aromatic nitrogens is 1. The maximum atomic E-state index is 13.1. The van der Waals surface area contributed by atoms with Gasteiger partial charge in [-0.05, 0) is 55.8 Å². The van der Waals surface area contributed by atoms with Crippen LogP contribution < -0.4 is 15.5 Å². The number of pyridine rings is 1. The van der Waals surface area contributed by atoms with E-state index in [1.165, 1.54) is 0 Å². The summed E-state index contributed by atoms with van der Waals surface area (Å²) in [6, 6.07) is 19.7. The molecule has 0 saturated carbocycles. The molecule has 8 heteroatoms. The first-order valence-corrected chi connectivity index (χ1v) is 12.3. The molecule has 188 valence electrons. The Morgan fingerprint density at radius 3 is 2.22 bits per heavy atom. The van der Waals surface area contributed by atoms with E-state index in [2.05, 4.69) is 34.4 Å². The lowest BCUT2D eigenvalue weighted by Crippen LogP contribution is -2.49. The van der Waals surface area contributed by atoms with E-state index in [1.54, 1.807) is 30.5 Å². The summed E-state index contributed by atoms with van der Waals surface area (Å²) in [7, 11) is 0.